The Balaban J connectivity index is 2.14. The van der Waals surface area contributed by atoms with Crippen LogP contribution in [0.15, 0.2) is 18.2 Å². The number of carbonyl (C=O) groups excluding carboxylic acids is 3. The molecule has 0 aliphatic rings. The van der Waals surface area contributed by atoms with Crippen molar-refractivity contribution >= 4 is 23.4 Å². The topological polar surface area (TPSA) is 126 Å². The van der Waals surface area contributed by atoms with E-state index in [1.165, 1.54) is 18.2 Å². The molecule has 1 atom stereocenters. The Morgan fingerprint density at radius 2 is 1.87 bits per heavy atom. The lowest BCUT2D eigenvalue weighted by Gasteiger charge is -2.14. The fraction of sp³-hybridized carbons (Fsp3) is 0.409. The summed E-state index contributed by atoms with van der Waals surface area (Å²) in [4.78, 5) is 36.0. The average Bonchev–Trinajstić information content (AvgIpc) is 2.92. The van der Waals surface area contributed by atoms with Crippen molar-refractivity contribution < 1.29 is 23.9 Å². The third kappa shape index (κ3) is 5.69. The molecule has 31 heavy (non-hydrogen) atoms. The maximum Gasteiger partial charge on any atom is 0.257 e. The molecule has 8 nitrogen and oxygen atoms in total. The number of rotatable bonds is 9. The normalized spacial score (nSPS) is 11.8. The van der Waals surface area contributed by atoms with E-state index in [1.54, 1.807) is 32.4 Å². The number of aromatic nitrogens is 1. The summed E-state index contributed by atoms with van der Waals surface area (Å²) in [7, 11) is 1.67. The van der Waals surface area contributed by atoms with Gasteiger partial charge in [-0.3, -0.25) is 14.4 Å². The predicted molar refractivity (Wildman–Crippen MR) is 115 cm³/mol. The van der Waals surface area contributed by atoms with Crippen LogP contribution in [0.2, 0.25) is 0 Å². The number of amides is 3. The molecule has 0 saturated heterocycles. The lowest BCUT2D eigenvalue weighted by Crippen LogP contribution is -2.31. The molecule has 1 aromatic carbocycles. The number of carbonyl (C=O) groups is 3. The van der Waals surface area contributed by atoms with Crippen LogP contribution < -0.4 is 16.4 Å². The first-order valence-corrected chi connectivity index (χ1v) is 10.0. The van der Waals surface area contributed by atoms with Gasteiger partial charge in [0.15, 0.2) is 6.10 Å². The first kappa shape index (κ1) is 24.1. The minimum atomic E-state index is -1.46. The molecule has 9 heteroatoms. The number of unbranched alkanes of at least 4 members (excludes halogenated alkanes) is 1. The third-order valence-electron chi connectivity index (χ3n) is 5.28. The molecule has 0 bridgehead atoms. The lowest BCUT2D eigenvalue weighted by molar-refractivity contribution is -0.129. The first-order valence-electron chi connectivity index (χ1n) is 10.0. The van der Waals surface area contributed by atoms with Gasteiger partial charge in [0.1, 0.15) is 5.82 Å². The number of halogens is 1. The summed E-state index contributed by atoms with van der Waals surface area (Å²) >= 11 is 0. The average molecular weight is 432 g/mol. The SMILES string of the molecule is Cc1cc(NC(=O)c2c(C)c(C(O)C(=O)NCCCCC(N)=O)n(C)c2C)ccc1F. The largest absolute Gasteiger partial charge is 0.377 e. The Kier molecular flexibility index (Phi) is 7.93. The Hall–Kier alpha value is -3.20. The fourth-order valence-electron chi connectivity index (χ4n) is 3.50. The third-order valence-corrected chi connectivity index (χ3v) is 5.28. The Bertz CT molecular complexity index is 1000. The van der Waals surface area contributed by atoms with Gasteiger partial charge in [-0.1, -0.05) is 0 Å². The smallest absolute Gasteiger partial charge is 0.257 e. The van der Waals surface area contributed by atoms with Crippen LogP contribution in [0.3, 0.4) is 0 Å². The van der Waals surface area contributed by atoms with Gasteiger partial charge in [0, 0.05) is 31.4 Å². The summed E-state index contributed by atoms with van der Waals surface area (Å²) in [6.07, 6.45) is -0.131. The van der Waals surface area contributed by atoms with Gasteiger partial charge in [-0.15, -0.1) is 0 Å². The molecule has 0 saturated carbocycles. The van der Waals surface area contributed by atoms with Crippen molar-refractivity contribution in [3.05, 3.63) is 52.1 Å². The highest BCUT2D eigenvalue weighted by atomic mass is 19.1. The van der Waals surface area contributed by atoms with Crippen LogP contribution in [-0.2, 0) is 16.6 Å². The van der Waals surface area contributed by atoms with Gasteiger partial charge < -0.3 is 26.0 Å². The number of nitrogens with zero attached hydrogens (tertiary/aromatic N) is 1. The number of primary amides is 1. The van der Waals surface area contributed by atoms with E-state index in [0.717, 1.165) is 0 Å². The Morgan fingerprint density at radius 1 is 1.19 bits per heavy atom. The van der Waals surface area contributed by atoms with E-state index in [1.807, 2.05) is 0 Å². The van der Waals surface area contributed by atoms with Crippen molar-refractivity contribution in [2.75, 3.05) is 11.9 Å². The van der Waals surface area contributed by atoms with Crippen LogP contribution in [-0.4, -0.2) is 33.9 Å². The predicted octanol–water partition coefficient (Wildman–Crippen LogP) is 2.15. The van der Waals surface area contributed by atoms with Crippen molar-refractivity contribution in [1.82, 2.24) is 9.88 Å². The minimum Gasteiger partial charge on any atom is -0.377 e. The van der Waals surface area contributed by atoms with Gasteiger partial charge in [-0.25, -0.2) is 4.39 Å². The zero-order chi connectivity index (χ0) is 23.3. The van der Waals surface area contributed by atoms with Crippen LogP contribution in [0.4, 0.5) is 10.1 Å². The Labute approximate surface area is 180 Å². The molecule has 1 heterocycles. The molecule has 2 aromatic rings. The lowest BCUT2D eigenvalue weighted by atomic mass is 10.1. The summed E-state index contributed by atoms with van der Waals surface area (Å²) in [5.41, 5.74) is 7.64. The number of aryl methyl sites for hydroxylation is 1. The van der Waals surface area contributed by atoms with Gasteiger partial charge in [-0.05, 0) is 62.9 Å². The molecule has 0 spiro atoms. The number of hydrogen-bond acceptors (Lipinski definition) is 4. The van der Waals surface area contributed by atoms with E-state index in [0.29, 0.717) is 53.2 Å². The van der Waals surface area contributed by atoms with Gasteiger partial charge in [0.2, 0.25) is 5.91 Å². The van der Waals surface area contributed by atoms with Gasteiger partial charge >= 0.3 is 0 Å². The van der Waals surface area contributed by atoms with Crippen molar-refractivity contribution in [2.24, 2.45) is 12.8 Å². The van der Waals surface area contributed by atoms with Gasteiger partial charge in [0.05, 0.1) is 11.3 Å². The molecule has 0 aliphatic heterocycles. The molecule has 0 aliphatic carbocycles. The van der Waals surface area contributed by atoms with E-state index in [4.69, 9.17) is 5.73 Å². The number of benzene rings is 1. The van der Waals surface area contributed by atoms with Crippen LogP contribution in [0.1, 0.15) is 58.2 Å². The van der Waals surface area contributed by atoms with E-state index in [9.17, 15) is 23.9 Å². The van der Waals surface area contributed by atoms with Crippen LogP contribution in [0.25, 0.3) is 0 Å². The second-order valence-electron chi connectivity index (χ2n) is 7.56. The summed E-state index contributed by atoms with van der Waals surface area (Å²) in [5.74, 6) is -1.77. The molecule has 1 aromatic heterocycles. The van der Waals surface area contributed by atoms with Crippen LogP contribution in [0.5, 0.6) is 0 Å². The molecule has 168 valence electrons. The quantitative estimate of drug-likeness (QED) is 0.453. The molecule has 0 radical (unpaired) electrons. The van der Waals surface area contributed by atoms with Crippen molar-refractivity contribution in [1.29, 1.82) is 0 Å². The number of aliphatic hydroxyl groups excluding tert-OH is 1. The molecule has 3 amide bonds. The number of hydrogen-bond donors (Lipinski definition) is 4. The monoisotopic (exact) mass is 432 g/mol. The summed E-state index contributed by atoms with van der Waals surface area (Å²) in [5, 5.41) is 16.0. The zero-order valence-electron chi connectivity index (χ0n) is 18.2. The molecule has 0 fully saturated rings. The molecule has 1 unspecified atom stereocenters. The molecular weight excluding hydrogens is 403 g/mol. The van der Waals surface area contributed by atoms with E-state index >= 15 is 0 Å². The molecular formula is C22H29FN4O4. The Morgan fingerprint density at radius 3 is 2.48 bits per heavy atom. The van der Waals surface area contributed by atoms with E-state index in [2.05, 4.69) is 10.6 Å². The maximum absolute atomic E-state index is 13.5. The maximum atomic E-state index is 13.5. The standard InChI is InChI=1S/C22H29FN4O4/c1-12-11-15(8-9-16(12)23)26-21(30)18-13(2)19(27(4)14(18)3)20(29)22(31)25-10-6-5-7-17(24)28/h8-9,11,20,29H,5-7,10H2,1-4H3,(H2,24,28)(H,25,31)(H,26,30). The van der Waals surface area contributed by atoms with E-state index < -0.39 is 23.8 Å². The van der Waals surface area contributed by atoms with Crippen molar-refractivity contribution in [3.63, 3.8) is 0 Å². The molecule has 5 N–H and O–H groups in total. The fourth-order valence-corrected chi connectivity index (χ4v) is 3.50. The van der Waals surface area contributed by atoms with Crippen LogP contribution >= 0.6 is 0 Å². The van der Waals surface area contributed by atoms with Gasteiger partial charge in [0.25, 0.3) is 11.8 Å². The highest BCUT2D eigenvalue weighted by Gasteiger charge is 2.28. The minimum absolute atomic E-state index is 0.237. The van der Waals surface area contributed by atoms with Crippen molar-refractivity contribution in [3.8, 4) is 0 Å². The second kappa shape index (κ2) is 10.2. The number of aliphatic hydroxyl groups is 1. The number of nitrogens with two attached hydrogens (primary N) is 1. The highest BCUT2D eigenvalue weighted by Crippen LogP contribution is 2.27. The molecule has 2 rings (SSSR count). The van der Waals surface area contributed by atoms with Crippen LogP contribution in [0, 0.1) is 26.6 Å². The summed E-state index contributed by atoms with van der Waals surface area (Å²) in [6, 6.07) is 4.27. The zero-order valence-corrected chi connectivity index (χ0v) is 18.2. The van der Waals surface area contributed by atoms with Gasteiger partial charge in [-0.2, -0.15) is 0 Å². The summed E-state index contributed by atoms with van der Waals surface area (Å²) in [6.45, 7) is 5.28. The summed E-state index contributed by atoms with van der Waals surface area (Å²) < 4.78 is 15.1. The van der Waals surface area contributed by atoms with E-state index in [-0.39, 0.29) is 12.2 Å². The first-order chi connectivity index (χ1) is 14.5. The van der Waals surface area contributed by atoms with Crippen molar-refractivity contribution in [2.45, 2.75) is 46.1 Å². The number of nitrogens with one attached hydrogen (secondary N) is 2. The highest BCUT2D eigenvalue weighted by molar-refractivity contribution is 6.06. The second-order valence-corrected chi connectivity index (χ2v) is 7.56. The number of anilines is 1.